The average molecular weight is 340 g/mol. The number of nitrogens with zero attached hydrogens (tertiary/aromatic N) is 4. The van der Waals surface area contributed by atoms with Crippen molar-refractivity contribution in [2.75, 3.05) is 31.1 Å². The molecule has 1 unspecified atom stereocenters. The number of piperazine rings is 1. The van der Waals surface area contributed by atoms with E-state index in [1.54, 1.807) is 6.92 Å². The van der Waals surface area contributed by atoms with Crippen molar-refractivity contribution in [2.24, 2.45) is 0 Å². The molecule has 2 aliphatic rings. The number of rotatable bonds is 5. The predicted molar refractivity (Wildman–Crippen MR) is 94.9 cm³/mol. The maximum Gasteiger partial charge on any atom is 0.243 e. The molecule has 1 saturated heterocycles. The van der Waals surface area contributed by atoms with Gasteiger partial charge in [0, 0.05) is 43.3 Å². The lowest BCUT2D eigenvalue weighted by Gasteiger charge is -2.38. The number of carbonyl (C=O) groups excluding carboxylic acids is 1. The molecule has 4 rings (SSSR count). The third kappa shape index (κ3) is 3.44. The van der Waals surface area contributed by atoms with Gasteiger partial charge in [0.2, 0.25) is 5.89 Å². The quantitative estimate of drug-likeness (QED) is 0.780. The Hall–Kier alpha value is -2.21. The molecule has 2 heterocycles. The number of ketones is 1. The van der Waals surface area contributed by atoms with Crippen LogP contribution in [-0.2, 0) is 0 Å². The van der Waals surface area contributed by atoms with E-state index in [2.05, 4.69) is 26.9 Å². The van der Waals surface area contributed by atoms with Crippen molar-refractivity contribution in [3.63, 3.8) is 0 Å². The smallest absolute Gasteiger partial charge is 0.243 e. The van der Waals surface area contributed by atoms with Crippen LogP contribution in [-0.4, -0.2) is 47.0 Å². The van der Waals surface area contributed by atoms with E-state index < -0.39 is 0 Å². The Morgan fingerprint density at radius 3 is 2.44 bits per heavy atom. The number of hydrogen-bond acceptors (Lipinski definition) is 6. The molecule has 1 aromatic carbocycles. The third-order valence-corrected chi connectivity index (χ3v) is 5.26. The van der Waals surface area contributed by atoms with Crippen LogP contribution in [0.3, 0.4) is 0 Å². The van der Waals surface area contributed by atoms with Gasteiger partial charge in [-0.2, -0.15) is 4.98 Å². The van der Waals surface area contributed by atoms with E-state index in [1.165, 1.54) is 18.5 Å². The molecular formula is C19H24N4O2. The van der Waals surface area contributed by atoms with E-state index in [9.17, 15) is 4.79 Å². The summed E-state index contributed by atoms with van der Waals surface area (Å²) in [6.45, 7) is 7.55. The molecule has 1 atom stereocenters. The van der Waals surface area contributed by atoms with Crippen molar-refractivity contribution < 1.29 is 9.32 Å². The first-order chi connectivity index (χ1) is 12.1. The zero-order valence-corrected chi connectivity index (χ0v) is 14.8. The summed E-state index contributed by atoms with van der Waals surface area (Å²) in [6.07, 6.45) is 2.38. The Balaban J connectivity index is 1.36. The van der Waals surface area contributed by atoms with Crippen LogP contribution in [0.5, 0.6) is 0 Å². The largest absolute Gasteiger partial charge is 0.369 e. The van der Waals surface area contributed by atoms with Crippen molar-refractivity contribution in [2.45, 2.75) is 38.6 Å². The first kappa shape index (κ1) is 16.3. The number of anilines is 1. The van der Waals surface area contributed by atoms with Gasteiger partial charge in [-0.1, -0.05) is 5.16 Å². The lowest BCUT2D eigenvalue weighted by Crippen LogP contribution is -2.47. The van der Waals surface area contributed by atoms with Crippen molar-refractivity contribution in [3.05, 3.63) is 41.5 Å². The van der Waals surface area contributed by atoms with Crippen molar-refractivity contribution >= 4 is 11.5 Å². The molecule has 0 spiro atoms. The highest BCUT2D eigenvalue weighted by Crippen LogP contribution is 2.38. The SMILES string of the molecule is CC(=O)c1ccc(N2CCN(C(C)c3nc(C4CC4)no3)CC2)cc1. The van der Waals surface area contributed by atoms with Gasteiger partial charge in [0.1, 0.15) is 0 Å². The summed E-state index contributed by atoms with van der Waals surface area (Å²) in [5.41, 5.74) is 1.94. The normalized spacial score (nSPS) is 19.8. The van der Waals surface area contributed by atoms with Crippen LogP contribution < -0.4 is 4.90 Å². The zero-order valence-electron chi connectivity index (χ0n) is 14.8. The van der Waals surface area contributed by atoms with Gasteiger partial charge in [0.25, 0.3) is 0 Å². The van der Waals surface area contributed by atoms with Gasteiger partial charge in [-0.3, -0.25) is 9.69 Å². The van der Waals surface area contributed by atoms with Gasteiger partial charge in [0.15, 0.2) is 11.6 Å². The van der Waals surface area contributed by atoms with Crippen LogP contribution in [0, 0.1) is 0 Å². The van der Waals surface area contributed by atoms with Crippen molar-refractivity contribution in [1.29, 1.82) is 0 Å². The maximum atomic E-state index is 11.4. The number of aromatic nitrogens is 2. The van der Waals surface area contributed by atoms with Gasteiger partial charge in [0.05, 0.1) is 6.04 Å². The van der Waals surface area contributed by atoms with Crippen LogP contribution >= 0.6 is 0 Å². The molecule has 25 heavy (non-hydrogen) atoms. The molecule has 2 fully saturated rings. The second kappa shape index (κ2) is 6.59. The summed E-state index contributed by atoms with van der Waals surface area (Å²) < 4.78 is 5.48. The topological polar surface area (TPSA) is 62.5 Å². The molecule has 0 N–H and O–H groups in total. The molecule has 132 valence electrons. The fourth-order valence-corrected chi connectivity index (χ4v) is 3.35. The fourth-order valence-electron chi connectivity index (χ4n) is 3.35. The molecule has 6 nitrogen and oxygen atoms in total. The van der Waals surface area contributed by atoms with Gasteiger partial charge in [-0.05, 0) is 51.0 Å². The Morgan fingerprint density at radius 2 is 1.84 bits per heavy atom. The second-order valence-electron chi connectivity index (χ2n) is 7.07. The summed E-state index contributed by atoms with van der Waals surface area (Å²) in [4.78, 5) is 20.7. The number of benzene rings is 1. The highest BCUT2D eigenvalue weighted by Gasteiger charge is 2.31. The van der Waals surface area contributed by atoms with Crippen LogP contribution in [0.2, 0.25) is 0 Å². The molecule has 1 saturated carbocycles. The molecule has 0 radical (unpaired) electrons. The first-order valence-electron chi connectivity index (χ1n) is 9.05. The van der Waals surface area contributed by atoms with Gasteiger partial charge in [-0.15, -0.1) is 0 Å². The lowest BCUT2D eigenvalue weighted by molar-refractivity contribution is 0.101. The monoisotopic (exact) mass is 340 g/mol. The highest BCUT2D eigenvalue weighted by molar-refractivity contribution is 5.94. The van der Waals surface area contributed by atoms with Gasteiger partial charge in [-0.25, -0.2) is 0 Å². The Labute approximate surface area is 147 Å². The molecule has 0 bridgehead atoms. The van der Waals surface area contributed by atoms with Crippen LogP contribution in [0.1, 0.15) is 60.7 Å². The Kier molecular flexibility index (Phi) is 4.29. The zero-order chi connectivity index (χ0) is 17.4. The van der Waals surface area contributed by atoms with Crippen LogP contribution in [0.25, 0.3) is 0 Å². The minimum absolute atomic E-state index is 0.107. The van der Waals surface area contributed by atoms with E-state index in [1.807, 2.05) is 24.3 Å². The Bertz CT molecular complexity index is 743. The Morgan fingerprint density at radius 1 is 1.16 bits per heavy atom. The van der Waals surface area contributed by atoms with E-state index in [-0.39, 0.29) is 11.8 Å². The molecule has 6 heteroatoms. The summed E-state index contributed by atoms with van der Waals surface area (Å²) in [5.74, 6) is 2.25. The minimum atomic E-state index is 0.107. The lowest BCUT2D eigenvalue weighted by atomic mass is 10.1. The van der Waals surface area contributed by atoms with Gasteiger partial charge < -0.3 is 9.42 Å². The van der Waals surface area contributed by atoms with E-state index in [0.717, 1.165) is 43.5 Å². The molecule has 0 amide bonds. The van der Waals surface area contributed by atoms with Crippen molar-refractivity contribution in [1.82, 2.24) is 15.0 Å². The standard InChI is InChI=1S/C19H24N4O2/c1-13(19-20-18(21-25-19)16-3-4-16)22-9-11-23(12-10-22)17-7-5-15(6-8-17)14(2)24/h5-8,13,16H,3-4,9-12H2,1-2H3. The summed E-state index contributed by atoms with van der Waals surface area (Å²) in [5, 5.41) is 4.13. The third-order valence-electron chi connectivity index (χ3n) is 5.26. The van der Waals surface area contributed by atoms with Crippen molar-refractivity contribution in [3.8, 4) is 0 Å². The van der Waals surface area contributed by atoms with E-state index >= 15 is 0 Å². The number of hydrogen-bond donors (Lipinski definition) is 0. The predicted octanol–water partition coefficient (Wildman–Crippen LogP) is 3.03. The fraction of sp³-hybridized carbons (Fsp3) is 0.526. The summed E-state index contributed by atoms with van der Waals surface area (Å²) in [6, 6.07) is 8.04. The summed E-state index contributed by atoms with van der Waals surface area (Å²) in [7, 11) is 0. The molecule has 1 aliphatic carbocycles. The number of carbonyl (C=O) groups is 1. The van der Waals surface area contributed by atoms with Gasteiger partial charge >= 0.3 is 0 Å². The molecule has 2 aromatic rings. The number of Topliss-reactive ketones (excluding diaryl/α,β-unsaturated/α-hetero) is 1. The summed E-state index contributed by atoms with van der Waals surface area (Å²) >= 11 is 0. The molecule has 1 aromatic heterocycles. The molecule has 1 aliphatic heterocycles. The van der Waals surface area contributed by atoms with E-state index in [0.29, 0.717) is 5.92 Å². The van der Waals surface area contributed by atoms with Crippen LogP contribution in [0.15, 0.2) is 28.8 Å². The second-order valence-corrected chi connectivity index (χ2v) is 7.07. The minimum Gasteiger partial charge on any atom is -0.369 e. The van der Waals surface area contributed by atoms with Crippen LogP contribution in [0.4, 0.5) is 5.69 Å². The first-order valence-corrected chi connectivity index (χ1v) is 9.05. The van der Waals surface area contributed by atoms with E-state index in [4.69, 9.17) is 4.52 Å². The molecular weight excluding hydrogens is 316 g/mol. The highest BCUT2D eigenvalue weighted by atomic mass is 16.5. The average Bonchev–Trinajstić information content (AvgIpc) is 3.38. The maximum absolute atomic E-state index is 11.4.